The number of benzene rings is 1. The molecule has 0 saturated heterocycles. The zero-order chi connectivity index (χ0) is 15.7. The van der Waals surface area contributed by atoms with Gasteiger partial charge in [-0.05, 0) is 29.8 Å². The number of ether oxygens (including phenoxy) is 1. The topological polar surface area (TPSA) is 57.0 Å². The first-order valence-electron chi connectivity index (χ1n) is 6.44. The molecule has 0 saturated carbocycles. The summed E-state index contributed by atoms with van der Waals surface area (Å²) in [6.07, 6.45) is 1.64. The zero-order valence-corrected chi connectivity index (χ0v) is 13.1. The zero-order valence-electron chi connectivity index (χ0n) is 11.6. The normalized spacial score (nSPS) is 10.9. The van der Waals surface area contributed by atoms with Gasteiger partial charge in [0.1, 0.15) is 0 Å². The van der Waals surface area contributed by atoms with E-state index in [0.717, 1.165) is 5.56 Å². The summed E-state index contributed by atoms with van der Waals surface area (Å²) in [5.41, 5.74) is 1.65. The molecule has 3 aromatic rings. The molecule has 0 aliphatic carbocycles. The Bertz CT molecular complexity index is 861. The minimum absolute atomic E-state index is 0.232. The number of fused-ring (bicyclic) bond motifs is 1. The quantitative estimate of drug-likeness (QED) is 0.686. The molecule has 5 nitrogen and oxygen atoms in total. The largest absolute Gasteiger partial charge is 0.464 e. The van der Waals surface area contributed by atoms with Crippen LogP contribution in [0.1, 0.15) is 16.1 Å². The van der Waals surface area contributed by atoms with Gasteiger partial charge in [0.15, 0.2) is 11.3 Å². The van der Waals surface area contributed by atoms with E-state index in [1.807, 2.05) is 6.07 Å². The van der Waals surface area contributed by atoms with E-state index in [1.54, 1.807) is 35.1 Å². The van der Waals surface area contributed by atoms with Crippen molar-refractivity contribution in [1.29, 1.82) is 0 Å². The van der Waals surface area contributed by atoms with Crippen LogP contribution in [0.5, 0.6) is 0 Å². The van der Waals surface area contributed by atoms with Crippen LogP contribution in [-0.2, 0) is 11.3 Å². The maximum atomic E-state index is 11.8. The lowest BCUT2D eigenvalue weighted by Crippen LogP contribution is -2.06. The van der Waals surface area contributed by atoms with Gasteiger partial charge in [-0.2, -0.15) is 5.10 Å². The summed E-state index contributed by atoms with van der Waals surface area (Å²) in [5, 5.41) is 6.04. The summed E-state index contributed by atoms with van der Waals surface area (Å²) >= 11 is 12.1. The third kappa shape index (κ3) is 2.65. The van der Waals surface area contributed by atoms with Crippen molar-refractivity contribution in [2.75, 3.05) is 7.11 Å². The molecule has 7 heteroatoms. The van der Waals surface area contributed by atoms with Crippen LogP contribution in [-0.4, -0.2) is 27.8 Å². The molecule has 0 radical (unpaired) electrons. The summed E-state index contributed by atoms with van der Waals surface area (Å²) in [4.78, 5) is 16.1. The third-order valence-electron chi connectivity index (χ3n) is 3.22. The number of methoxy groups -OCH3 is 1. The van der Waals surface area contributed by atoms with Crippen molar-refractivity contribution in [3.63, 3.8) is 0 Å². The first kappa shape index (κ1) is 14.8. The highest BCUT2D eigenvalue weighted by Crippen LogP contribution is 2.24. The molecule has 1 aromatic carbocycles. The summed E-state index contributed by atoms with van der Waals surface area (Å²) in [6, 6.07) is 8.76. The standard InChI is InChI=1S/C15H11Cl2N3O2/c1-22-15(21)13-11-3-2-6-18-14(11)20(19-13)8-9-4-5-10(16)7-12(9)17/h2-7H,8H2,1H3. The van der Waals surface area contributed by atoms with Gasteiger partial charge in [-0.25, -0.2) is 14.5 Å². The number of hydrogen-bond donors (Lipinski definition) is 0. The van der Waals surface area contributed by atoms with Gasteiger partial charge in [-0.3, -0.25) is 0 Å². The van der Waals surface area contributed by atoms with E-state index in [4.69, 9.17) is 27.9 Å². The second-order valence-corrected chi connectivity index (χ2v) is 5.45. The first-order valence-corrected chi connectivity index (χ1v) is 7.19. The van der Waals surface area contributed by atoms with Crippen molar-refractivity contribution in [3.8, 4) is 0 Å². The predicted molar refractivity (Wildman–Crippen MR) is 84.4 cm³/mol. The average molecular weight is 336 g/mol. The SMILES string of the molecule is COC(=O)c1nn(Cc2ccc(Cl)cc2Cl)c2ncccc12. The molecule has 0 amide bonds. The minimum atomic E-state index is -0.501. The molecule has 0 aliphatic heterocycles. The molecule has 0 bridgehead atoms. The van der Waals surface area contributed by atoms with Crippen LogP contribution in [0.15, 0.2) is 36.5 Å². The summed E-state index contributed by atoms with van der Waals surface area (Å²) < 4.78 is 6.38. The lowest BCUT2D eigenvalue weighted by Gasteiger charge is -2.05. The molecular formula is C15H11Cl2N3O2. The maximum absolute atomic E-state index is 11.8. The molecule has 0 spiro atoms. The number of halogens is 2. The summed E-state index contributed by atoms with van der Waals surface area (Å²) in [6.45, 7) is 0.376. The van der Waals surface area contributed by atoms with Gasteiger partial charge < -0.3 is 4.74 Å². The van der Waals surface area contributed by atoms with Crippen molar-refractivity contribution < 1.29 is 9.53 Å². The highest BCUT2D eigenvalue weighted by atomic mass is 35.5. The van der Waals surface area contributed by atoms with Gasteiger partial charge in [0.2, 0.25) is 0 Å². The van der Waals surface area contributed by atoms with Gasteiger partial charge in [0, 0.05) is 16.2 Å². The van der Waals surface area contributed by atoms with Gasteiger partial charge in [-0.15, -0.1) is 0 Å². The molecule has 112 valence electrons. The van der Waals surface area contributed by atoms with Gasteiger partial charge in [0.05, 0.1) is 19.0 Å². The fourth-order valence-corrected chi connectivity index (χ4v) is 2.65. The van der Waals surface area contributed by atoms with E-state index >= 15 is 0 Å². The van der Waals surface area contributed by atoms with Crippen molar-refractivity contribution in [2.24, 2.45) is 0 Å². The molecule has 0 N–H and O–H groups in total. The first-order chi connectivity index (χ1) is 10.6. The third-order valence-corrected chi connectivity index (χ3v) is 3.81. The Labute approximate surface area is 136 Å². The Hall–Kier alpha value is -2.11. The van der Waals surface area contributed by atoms with Gasteiger partial charge in [0.25, 0.3) is 0 Å². The van der Waals surface area contributed by atoms with Crippen molar-refractivity contribution in [3.05, 3.63) is 57.8 Å². The van der Waals surface area contributed by atoms with Crippen molar-refractivity contribution in [1.82, 2.24) is 14.8 Å². The highest BCUT2D eigenvalue weighted by Gasteiger charge is 2.18. The fourth-order valence-electron chi connectivity index (χ4n) is 2.18. The van der Waals surface area contributed by atoms with Crippen LogP contribution >= 0.6 is 23.2 Å². The highest BCUT2D eigenvalue weighted by molar-refractivity contribution is 6.35. The van der Waals surface area contributed by atoms with Crippen molar-refractivity contribution >= 4 is 40.2 Å². The molecular weight excluding hydrogens is 325 g/mol. The van der Waals surface area contributed by atoms with Gasteiger partial charge in [-0.1, -0.05) is 29.3 Å². The number of aromatic nitrogens is 3. The number of carbonyl (C=O) groups excluding carboxylic acids is 1. The van der Waals surface area contributed by atoms with E-state index in [0.29, 0.717) is 27.6 Å². The van der Waals surface area contributed by atoms with Crippen LogP contribution in [0.4, 0.5) is 0 Å². The van der Waals surface area contributed by atoms with Crippen LogP contribution < -0.4 is 0 Å². The van der Waals surface area contributed by atoms with Gasteiger partial charge >= 0.3 is 5.97 Å². The Balaban J connectivity index is 2.09. The second kappa shape index (κ2) is 5.94. The fraction of sp³-hybridized carbons (Fsp3) is 0.133. The molecule has 3 rings (SSSR count). The number of rotatable bonds is 3. The summed E-state index contributed by atoms with van der Waals surface area (Å²) in [5.74, 6) is -0.501. The van der Waals surface area contributed by atoms with Crippen LogP contribution in [0, 0.1) is 0 Å². The Morgan fingerprint density at radius 1 is 1.32 bits per heavy atom. The molecule has 2 heterocycles. The van der Waals surface area contributed by atoms with E-state index in [2.05, 4.69) is 10.1 Å². The second-order valence-electron chi connectivity index (χ2n) is 4.61. The predicted octanol–water partition coefficient (Wildman–Crippen LogP) is 3.57. The summed E-state index contributed by atoms with van der Waals surface area (Å²) in [7, 11) is 1.32. The average Bonchev–Trinajstić information content (AvgIpc) is 2.88. The minimum Gasteiger partial charge on any atom is -0.464 e. The van der Waals surface area contributed by atoms with Crippen LogP contribution in [0.25, 0.3) is 11.0 Å². The Kier molecular flexibility index (Phi) is 4.00. The van der Waals surface area contributed by atoms with E-state index < -0.39 is 5.97 Å². The molecule has 0 aliphatic rings. The van der Waals surface area contributed by atoms with Crippen LogP contribution in [0.2, 0.25) is 10.0 Å². The lowest BCUT2D eigenvalue weighted by atomic mass is 10.2. The molecule has 0 atom stereocenters. The van der Waals surface area contributed by atoms with E-state index in [1.165, 1.54) is 7.11 Å². The Morgan fingerprint density at radius 2 is 2.14 bits per heavy atom. The molecule has 0 fully saturated rings. The van der Waals surface area contributed by atoms with E-state index in [9.17, 15) is 4.79 Å². The number of carbonyl (C=O) groups is 1. The number of nitrogens with zero attached hydrogens (tertiary/aromatic N) is 3. The van der Waals surface area contributed by atoms with Crippen molar-refractivity contribution in [2.45, 2.75) is 6.54 Å². The molecule has 2 aromatic heterocycles. The van der Waals surface area contributed by atoms with Crippen LogP contribution in [0.3, 0.4) is 0 Å². The number of hydrogen-bond acceptors (Lipinski definition) is 4. The lowest BCUT2D eigenvalue weighted by molar-refractivity contribution is 0.0595. The number of pyridine rings is 1. The number of esters is 1. The maximum Gasteiger partial charge on any atom is 0.359 e. The smallest absolute Gasteiger partial charge is 0.359 e. The molecule has 22 heavy (non-hydrogen) atoms. The van der Waals surface area contributed by atoms with E-state index in [-0.39, 0.29) is 5.69 Å². The molecule has 0 unspecified atom stereocenters. The monoisotopic (exact) mass is 335 g/mol. The Morgan fingerprint density at radius 3 is 2.86 bits per heavy atom.